The number of amides is 1. The lowest BCUT2D eigenvalue weighted by Crippen LogP contribution is -2.52. The molecule has 0 bridgehead atoms. The first-order valence-electron chi connectivity index (χ1n) is 10.3. The molecule has 0 saturated heterocycles. The van der Waals surface area contributed by atoms with Gasteiger partial charge in [-0.25, -0.2) is 13.2 Å². The summed E-state index contributed by atoms with van der Waals surface area (Å²) in [5.41, 5.74) is -0.599. The highest BCUT2D eigenvalue weighted by Gasteiger charge is 2.38. The van der Waals surface area contributed by atoms with Gasteiger partial charge in [-0.05, 0) is 6.42 Å². The van der Waals surface area contributed by atoms with Crippen molar-refractivity contribution in [3.63, 3.8) is 0 Å². The third kappa shape index (κ3) is 4.04. The van der Waals surface area contributed by atoms with Gasteiger partial charge in [0.05, 0.1) is 25.0 Å². The number of aliphatic hydroxyl groups excluding tert-OH is 1. The summed E-state index contributed by atoms with van der Waals surface area (Å²) in [6, 6.07) is 0. The minimum atomic E-state index is -3.30. The van der Waals surface area contributed by atoms with Crippen molar-refractivity contribution >= 4 is 11.6 Å². The van der Waals surface area contributed by atoms with Gasteiger partial charge in [-0.15, -0.1) is 0 Å². The molecule has 1 amide bonds. The van der Waals surface area contributed by atoms with Crippen LogP contribution in [-0.4, -0.2) is 59.0 Å². The molecule has 0 aromatic carbocycles. The van der Waals surface area contributed by atoms with E-state index in [0.717, 1.165) is 10.1 Å². The van der Waals surface area contributed by atoms with E-state index in [2.05, 4.69) is 15.6 Å². The average molecular weight is 452 g/mol. The quantitative estimate of drug-likeness (QED) is 0.480. The van der Waals surface area contributed by atoms with E-state index in [1.54, 1.807) is 12.2 Å². The number of rotatable bonds is 5. The number of alkyl halides is 3. The van der Waals surface area contributed by atoms with Gasteiger partial charge in [-0.3, -0.25) is 19.1 Å². The van der Waals surface area contributed by atoms with Crippen molar-refractivity contribution in [1.29, 1.82) is 0 Å². The van der Waals surface area contributed by atoms with Crippen molar-refractivity contribution in [3.8, 4) is 5.75 Å². The van der Waals surface area contributed by atoms with E-state index in [1.807, 2.05) is 0 Å². The van der Waals surface area contributed by atoms with Crippen molar-refractivity contribution in [2.45, 2.75) is 31.5 Å². The van der Waals surface area contributed by atoms with Crippen molar-refractivity contribution in [3.05, 3.63) is 50.4 Å². The number of carbonyl (C=O) groups is 1. The molecule has 0 fully saturated rings. The molecule has 32 heavy (non-hydrogen) atoms. The third-order valence-electron chi connectivity index (χ3n) is 5.71. The van der Waals surface area contributed by atoms with Gasteiger partial charge in [-0.2, -0.15) is 0 Å². The maximum atomic E-state index is 14.5. The molecule has 11 heteroatoms. The fourth-order valence-electron chi connectivity index (χ4n) is 4.20. The van der Waals surface area contributed by atoms with E-state index in [1.165, 1.54) is 6.08 Å². The summed E-state index contributed by atoms with van der Waals surface area (Å²) >= 11 is 0. The van der Waals surface area contributed by atoms with E-state index in [-0.39, 0.29) is 30.2 Å². The third-order valence-corrected chi connectivity index (χ3v) is 5.71. The lowest BCUT2D eigenvalue weighted by molar-refractivity contribution is -0.0112. The summed E-state index contributed by atoms with van der Waals surface area (Å²) in [7, 11) is 0. The number of aromatic hydroxyl groups is 1. The van der Waals surface area contributed by atoms with Gasteiger partial charge >= 0.3 is 0 Å². The number of halogens is 3. The monoisotopic (exact) mass is 452 g/mol. The molecule has 2 atom stereocenters. The Labute approximate surface area is 180 Å². The molecule has 1 aliphatic carbocycles. The van der Waals surface area contributed by atoms with Gasteiger partial charge < -0.3 is 20.8 Å². The first-order chi connectivity index (χ1) is 15.2. The van der Waals surface area contributed by atoms with Crippen LogP contribution in [0.4, 0.5) is 13.2 Å². The standard InChI is InChI=1S/C21H23F3N4O4/c22-13-3-1-11(2-4-13)7-12-8-26-16-17-15(12)27-9-21(23,24)10-28(17)20(32)14(18(16)30)19(31)25-5-6-29/h1-3,12-13,27,29-30H,4-10H2,(H,25,31). The first-order valence-corrected chi connectivity index (χ1v) is 10.3. The maximum Gasteiger partial charge on any atom is 0.282 e. The largest absolute Gasteiger partial charge is 0.505 e. The fraction of sp³-hybridized carbons (Fsp3) is 0.476. The molecule has 172 valence electrons. The zero-order valence-corrected chi connectivity index (χ0v) is 17.1. The second-order valence-corrected chi connectivity index (χ2v) is 8.05. The van der Waals surface area contributed by atoms with E-state index in [4.69, 9.17) is 5.11 Å². The number of carbonyl (C=O) groups excluding carboxylic acids is 1. The van der Waals surface area contributed by atoms with E-state index < -0.39 is 60.5 Å². The fourth-order valence-corrected chi connectivity index (χ4v) is 4.20. The van der Waals surface area contributed by atoms with Crippen LogP contribution in [0, 0.1) is 5.92 Å². The van der Waals surface area contributed by atoms with Crippen LogP contribution in [0.3, 0.4) is 0 Å². The zero-order valence-electron chi connectivity index (χ0n) is 17.1. The topological polar surface area (TPSA) is 116 Å². The lowest BCUT2D eigenvalue weighted by atomic mass is 9.91. The lowest BCUT2D eigenvalue weighted by Gasteiger charge is -2.24. The second kappa shape index (κ2) is 8.45. The van der Waals surface area contributed by atoms with Crippen molar-refractivity contribution in [2.24, 2.45) is 10.9 Å². The first kappa shape index (κ1) is 22.1. The molecule has 0 radical (unpaired) electrons. The minimum Gasteiger partial charge on any atom is -0.505 e. The Bertz CT molecular complexity index is 1190. The predicted octanol–water partition coefficient (Wildman–Crippen LogP) is -0.513. The summed E-state index contributed by atoms with van der Waals surface area (Å²) in [6.07, 6.45) is 4.37. The number of nitrogens with zero attached hydrogens (tertiary/aromatic N) is 2. The van der Waals surface area contributed by atoms with Crippen LogP contribution in [0.15, 0.2) is 33.6 Å². The van der Waals surface area contributed by atoms with Crippen LogP contribution < -0.4 is 26.9 Å². The van der Waals surface area contributed by atoms with Crippen molar-refractivity contribution < 1.29 is 28.2 Å². The highest BCUT2D eigenvalue weighted by Crippen LogP contribution is 2.27. The van der Waals surface area contributed by atoms with Crippen LogP contribution >= 0.6 is 0 Å². The molecule has 0 saturated carbocycles. The Morgan fingerprint density at radius 3 is 2.88 bits per heavy atom. The maximum absolute atomic E-state index is 14.5. The minimum absolute atomic E-state index is 0.0309. The van der Waals surface area contributed by atoms with E-state index >= 15 is 0 Å². The molecule has 3 aliphatic rings. The van der Waals surface area contributed by atoms with Gasteiger partial charge in [0, 0.05) is 31.1 Å². The number of hydrogen-bond donors (Lipinski definition) is 4. The predicted molar refractivity (Wildman–Crippen MR) is 109 cm³/mol. The van der Waals surface area contributed by atoms with Crippen LogP contribution in [-0.2, 0) is 6.54 Å². The normalized spacial score (nSPS) is 23.4. The molecule has 0 spiro atoms. The molecule has 4 N–H and O–H groups in total. The SMILES string of the molecule is O=C(NCCO)c1c(O)c2c3n(c1=O)CC(F)(F)CNC=3C(CC1=CCC(F)C=C1)CN=2. The van der Waals surface area contributed by atoms with Gasteiger partial charge in [0.2, 0.25) is 0 Å². The van der Waals surface area contributed by atoms with Crippen LogP contribution in [0.2, 0.25) is 0 Å². The van der Waals surface area contributed by atoms with Crippen molar-refractivity contribution in [2.75, 3.05) is 26.2 Å². The molecule has 1 aromatic heterocycles. The Morgan fingerprint density at radius 1 is 1.41 bits per heavy atom. The molecule has 2 unspecified atom stereocenters. The van der Waals surface area contributed by atoms with Crippen LogP contribution in [0.5, 0.6) is 5.75 Å². The summed E-state index contributed by atoms with van der Waals surface area (Å²) in [5.74, 6) is -5.36. The second-order valence-electron chi connectivity index (χ2n) is 8.05. The molecular formula is C21H23F3N4O4. The van der Waals surface area contributed by atoms with Crippen LogP contribution in [0.25, 0.3) is 5.70 Å². The van der Waals surface area contributed by atoms with Crippen molar-refractivity contribution in [1.82, 2.24) is 15.2 Å². The highest BCUT2D eigenvalue weighted by atomic mass is 19.3. The number of hydrogen-bond acceptors (Lipinski definition) is 6. The Kier molecular flexibility index (Phi) is 5.85. The summed E-state index contributed by atoms with van der Waals surface area (Å²) in [6.45, 7) is -2.17. The Morgan fingerprint density at radius 2 is 2.19 bits per heavy atom. The smallest absolute Gasteiger partial charge is 0.282 e. The summed E-state index contributed by atoms with van der Waals surface area (Å²) in [4.78, 5) is 29.8. The zero-order chi connectivity index (χ0) is 23.0. The summed E-state index contributed by atoms with van der Waals surface area (Å²) in [5, 5.41) is 24.5. The van der Waals surface area contributed by atoms with E-state index in [0.29, 0.717) is 12.1 Å². The molecule has 8 nitrogen and oxygen atoms in total. The number of nitrogens with one attached hydrogen (secondary N) is 2. The number of aromatic nitrogens is 1. The van der Waals surface area contributed by atoms with Gasteiger partial charge in [0.25, 0.3) is 17.4 Å². The van der Waals surface area contributed by atoms with Gasteiger partial charge in [0.15, 0.2) is 5.75 Å². The Hall–Kier alpha value is -3.08. The number of pyridine rings is 1. The average Bonchev–Trinajstić information content (AvgIpc) is 2.90. The highest BCUT2D eigenvalue weighted by molar-refractivity contribution is 5.96. The van der Waals surface area contributed by atoms with Crippen LogP contribution in [0.1, 0.15) is 23.2 Å². The summed E-state index contributed by atoms with van der Waals surface area (Å²) < 4.78 is 43.2. The van der Waals surface area contributed by atoms with E-state index in [9.17, 15) is 27.9 Å². The van der Waals surface area contributed by atoms with Gasteiger partial charge in [-0.1, -0.05) is 23.8 Å². The number of aliphatic hydroxyl groups is 1. The molecular weight excluding hydrogens is 429 g/mol. The molecule has 2 aliphatic heterocycles. The molecule has 4 rings (SSSR count). The number of allylic oxidation sites excluding steroid dienone is 4. The Balaban J connectivity index is 1.87. The molecule has 1 aromatic rings. The molecule has 3 heterocycles. The van der Waals surface area contributed by atoms with Gasteiger partial charge in [0.1, 0.15) is 17.1 Å².